The molecule has 0 radical (unpaired) electrons. The maximum absolute atomic E-state index is 13.1. The van der Waals surface area contributed by atoms with E-state index in [1.54, 1.807) is 38.1 Å². The van der Waals surface area contributed by atoms with E-state index >= 15 is 0 Å². The van der Waals surface area contributed by atoms with Crippen molar-refractivity contribution in [3.63, 3.8) is 0 Å². The molecule has 8 bridgehead atoms. The van der Waals surface area contributed by atoms with Crippen LogP contribution in [0, 0.1) is 0 Å². The molecule has 1 aliphatic rings. The van der Waals surface area contributed by atoms with Gasteiger partial charge in [0.05, 0.1) is 24.3 Å². The molecule has 0 fully saturated rings. The van der Waals surface area contributed by atoms with Crippen molar-refractivity contribution in [1.82, 2.24) is 0 Å². The second-order valence-corrected chi connectivity index (χ2v) is 15.2. The SMILES string of the molecule is CCOC(=O)c1cc2c(O)c(c1)Cc1cc(C(C)(C)C)cc(c1O)Cc1cc(C(=O)OCC)cc(c1O)Cc1cc(C(C)(C)C)cc(c1O)C2. The van der Waals surface area contributed by atoms with E-state index in [0.29, 0.717) is 44.5 Å². The Morgan fingerprint density at radius 3 is 0.900 bits per heavy atom. The predicted molar refractivity (Wildman–Crippen MR) is 193 cm³/mol. The summed E-state index contributed by atoms with van der Waals surface area (Å²) in [5, 5.41) is 47.1. The van der Waals surface area contributed by atoms with Gasteiger partial charge in [-0.3, -0.25) is 0 Å². The van der Waals surface area contributed by atoms with Gasteiger partial charge in [-0.25, -0.2) is 9.59 Å². The summed E-state index contributed by atoms with van der Waals surface area (Å²) in [5.74, 6) is -1.22. The summed E-state index contributed by atoms with van der Waals surface area (Å²) in [6.07, 6.45) is 0.310. The second-order valence-electron chi connectivity index (χ2n) is 15.2. The summed E-state index contributed by atoms with van der Waals surface area (Å²) >= 11 is 0. The van der Waals surface area contributed by atoms with E-state index in [0.717, 1.165) is 11.1 Å². The van der Waals surface area contributed by atoms with E-state index in [9.17, 15) is 30.0 Å². The molecule has 0 saturated carbocycles. The Morgan fingerprint density at radius 1 is 0.480 bits per heavy atom. The summed E-state index contributed by atoms with van der Waals surface area (Å²) in [7, 11) is 0. The van der Waals surface area contributed by atoms with Crippen LogP contribution in [0.3, 0.4) is 0 Å². The van der Waals surface area contributed by atoms with E-state index in [2.05, 4.69) is 41.5 Å². The summed E-state index contributed by atoms with van der Waals surface area (Å²) in [6.45, 7) is 16.1. The van der Waals surface area contributed by atoms with Gasteiger partial charge in [0, 0.05) is 25.7 Å². The fourth-order valence-electron chi connectivity index (χ4n) is 6.47. The first kappa shape index (κ1) is 36.3. The van der Waals surface area contributed by atoms with Gasteiger partial charge in [-0.1, -0.05) is 65.8 Å². The molecular weight excluding hydrogens is 632 g/mol. The summed E-state index contributed by atoms with van der Waals surface area (Å²) in [6, 6.07) is 13.9. The lowest BCUT2D eigenvalue weighted by molar-refractivity contribution is 0.0516. The van der Waals surface area contributed by atoms with Gasteiger partial charge >= 0.3 is 11.9 Å². The molecule has 0 saturated heterocycles. The number of esters is 2. The molecule has 0 aliphatic heterocycles. The number of hydrogen-bond acceptors (Lipinski definition) is 8. The Labute approximate surface area is 294 Å². The van der Waals surface area contributed by atoms with Gasteiger partial charge in [0.1, 0.15) is 23.0 Å². The van der Waals surface area contributed by atoms with Crippen molar-refractivity contribution in [1.29, 1.82) is 0 Å². The third-order valence-electron chi connectivity index (χ3n) is 9.35. The smallest absolute Gasteiger partial charge is 0.338 e. The number of phenols is 4. The van der Waals surface area contributed by atoms with Gasteiger partial charge < -0.3 is 29.9 Å². The van der Waals surface area contributed by atoms with Crippen molar-refractivity contribution in [2.45, 2.75) is 91.9 Å². The number of carbonyl (C=O) groups excluding carboxylic acids is 2. The number of carbonyl (C=O) groups is 2. The van der Waals surface area contributed by atoms with Crippen molar-refractivity contribution in [3.8, 4) is 23.0 Å². The number of benzene rings is 4. The first-order chi connectivity index (χ1) is 23.4. The Balaban J connectivity index is 1.87. The molecule has 4 N–H and O–H groups in total. The first-order valence-corrected chi connectivity index (χ1v) is 17.1. The minimum absolute atomic E-state index is 0.0206. The van der Waals surface area contributed by atoms with Crippen molar-refractivity contribution in [3.05, 3.63) is 115 Å². The number of ether oxygens (including phenoxy) is 2. The zero-order valence-electron chi connectivity index (χ0n) is 30.3. The van der Waals surface area contributed by atoms with Gasteiger partial charge in [-0.05, 0) is 105 Å². The van der Waals surface area contributed by atoms with Crippen molar-refractivity contribution in [2.24, 2.45) is 0 Å². The highest BCUT2D eigenvalue weighted by Gasteiger charge is 2.26. The quantitative estimate of drug-likeness (QED) is 0.140. The number of phenolic OH excluding ortho intramolecular Hbond substituents is 4. The van der Waals surface area contributed by atoms with Gasteiger partial charge in [0.25, 0.3) is 0 Å². The zero-order valence-corrected chi connectivity index (χ0v) is 30.3. The highest BCUT2D eigenvalue weighted by Crippen LogP contribution is 2.41. The Hall–Kier alpha value is -4.98. The fourth-order valence-corrected chi connectivity index (χ4v) is 6.47. The third kappa shape index (κ3) is 7.44. The van der Waals surface area contributed by atoms with Crippen LogP contribution < -0.4 is 0 Å². The van der Waals surface area contributed by atoms with Gasteiger partial charge in [0.2, 0.25) is 0 Å². The zero-order chi connectivity index (χ0) is 36.7. The normalized spacial score (nSPS) is 13.1. The topological polar surface area (TPSA) is 134 Å². The lowest BCUT2D eigenvalue weighted by Crippen LogP contribution is -2.14. The average Bonchev–Trinajstić information content (AvgIpc) is 3.02. The van der Waals surface area contributed by atoms with Crippen LogP contribution in [0.15, 0.2) is 48.5 Å². The largest absolute Gasteiger partial charge is 0.507 e. The monoisotopic (exact) mass is 680 g/mol. The molecule has 5 rings (SSSR count). The number of hydrogen-bond donors (Lipinski definition) is 4. The van der Waals surface area contributed by atoms with Crippen LogP contribution in [0.2, 0.25) is 0 Å². The predicted octanol–water partition coefficient (Wildman–Crippen LogP) is 8.13. The van der Waals surface area contributed by atoms with Crippen LogP contribution in [0.25, 0.3) is 0 Å². The van der Waals surface area contributed by atoms with Crippen LogP contribution in [0.1, 0.15) is 132 Å². The Bertz CT molecular complexity index is 1730. The van der Waals surface area contributed by atoms with E-state index in [1.165, 1.54) is 0 Å². The number of aromatic hydroxyl groups is 4. The average molecular weight is 681 g/mol. The summed E-state index contributed by atoms with van der Waals surface area (Å²) in [4.78, 5) is 26.2. The lowest BCUT2D eigenvalue weighted by atomic mass is 9.81. The molecule has 0 aromatic heterocycles. The molecule has 8 nitrogen and oxygen atoms in total. The first-order valence-electron chi connectivity index (χ1n) is 17.1. The molecule has 4 aromatic rings. The molecular formula is C42H48O8. The van der Waals surface area contributed by atoms with Gasteiger partial charge in [-0.15, -0.1) is 0 Å². The number of rotatable bonds is 4. The van der Waals surface area contributed by atoms with Crippen LogP contribution in [0.4, 0.5) is 0 Å². The van der Waals surface area contributed by atoms with Crippen molar-refractivity contribution < 1.29 is 39.5 Å². The highest BCUT2D eigenvalue weighted by atomic mass is 16.5. The maximum atomic E-state index is 13.1. The molecule has 0 atom stereocenters. The lowest BCUT2D eigenvalue weighted by Gasteiger charge is -2.25. The van der Waals surface area contributed by atoms with E-state index < -0.39 is 11.9 Å². The Kier molecular flexibility index (Phi) is 9.97. The van der Waals surface area contributed by atoms with Crippen LogP contribution in [-0.4, -0.2) is 45.6 Å². The molecule has 8 heteroatoms. The highest BCUT2D eigenvalue weighted by molar-refractivity contribution is 5.91. The Morgan fingerprint density at radius 2 is 0.700 bits per heavy atom. The molecule has 50 heavy (non-hydrogen) atoms. The molecule has 0 unspecified atom stereocenters. The van der Waals surface area contributed by atoms with Crippen molar-refractivity contribution >= 4 is 11.9 Å². The van der Waals surface area contributed by atoms with Gasteiger partial charge in [-0.2, -0.15) is 0 Å². The molecule has 264 valence electrons. The van der Waals surface area contributed by atoms with Crippen LogP contribution in [0.5, 0.6) is 23.0 Å². The summed E-state index contributed by atoms with van der Waals surface area (Å²) in [5.41, 5.74) is 5.37. The van der Waals surface area contributed by atoms with Crippen LogP contribution in [-0.2, 0) is 46.0 Å². The second kappa shape index (κ2) is 13.7. The van der Waals surface area contributed by atoms with E-state index in [-0.39, 0.29) is 83.9 Å². The third-order valence-corrected chi connectivity index (χ3v) is 9.35. The molecule has 4 aromatic carbocycles. The minimum atomic E-state index is -0.544. The van der Waals surface area contributed by atoms with Gasteiger partial charge in [0.15, 0.2) is 0 Å². The standard InChI is InChI=1S/C42H48O8/c1-9-49-39(47)31-15-23-11-27-19-33(41(3,4)5)21-29(37(27)45)13-25-17-32(40(48)50-10-2)18-26(36(25)44)14-30-22-34(42(6,7)8)20-28(38(30)46)12-24(16-31)35(23)43/h15-22,43-46H,9-14H2,1-8H3. The van der Waals surface area contributed by atoms with Crippen LogP contribution >= 0.6 is 0 Å². The van der Waals surface area contributed by atoms with Crippen molar-refractivity contribution in [2.75, 3.05) is 13.2 Å². The molecule has 0 spiro atoms. The molecule has 0 heterocycles. The molecule has 1 aliphatic carbocycles. The maximum Gasteiger partial charge on any atom is 0.338 e. The summed E-state index contributed by atoms with van der Waals surface area (Å²) < 4.78 is 10.7. The minimum Gasteiger partial charge on any atom is -0.507 e. The van der Waals surface area contributed by atoms with E-state index in [4.69, 9.17) is 9.47 Å². The number of fused-ring (bicyclic) bond motifs is 8. The molecule has 0 amide bonds. The van der Waals surface area contributed by atoms with E-state index in [1.807, 2.05) is 24.3 Å². The fraction of sp³-hybridized carbons (Fsp3) is 0.381.